The van der Waals surface area contributed by atoms with Crippen LogP contribution in [0.15, 0.2) is 24.3 Å². The Bertz CT molecular complexity index is 259. The van der Waals surface area contributed by atoms with E-state index in [4.69, 9.17) is 10.0 Å². The summed E-state index contributed by atoms with van der Waals surface area (Å²) in [5, 5.41) is 17.1. The van der Waals surface area contributed by atoms with Crippen molar-refractivity contribution in [3.05, 3.63) is 29.8 Å². The number of hydrogen-bond acceptors (Lipinski definition) is 3. The molecule has 0 saturated carbocycles. The molecule has 3 nitrogen and oxygen atoms in total. The third-order valence-electron chi connectivity index (χ3n) is 1.98. The molecule has 0 aliphatic carbocycles. The van der Waals surface area contributed by atoms with Gasteiger partial charge in [-0.25, -0.2) is 0 Å². The van der Waals surface area contributed by atoms with Crippen molar-refractivity contribution in [1.29, 1.82) is 0 Å². The summed E-state index contributed by atoms with van der Waals surface area (Å²) in [6, 6.07) is 7.36. The van der Waals surface area contributed by atoms with Gasteiger partial charge in [0, 0.05) is 0 Å². The minimum absolute atomic E-state index is 0.472. The van der Waals surface area contributed by atoms with Gasteiger partial charge in [0.2, 0.25) is 0 Å². The zero-order valence-electron chi connectivity index (χ0n) is 8.31. The maximum atomic E-state index is 8.55. The summed E-state index contributed by atoms with van der Waals surface area (Å²) in [5.74, 6) is 0.472. The first-order valence-corrected chi connectivity index (χ1v) is 4.84. The quantitative estimate of drug-likeness (QED) is 0.696. The van der Waals surface area contributed by atoms with E-state index in [1.807, 2.05) is 12.1 Å². The van der Waals surface area contributed by atoms with Crippen LogP contribution in [-0.2, 0) is 6.42 Å². The van der Waals surface area contributed by atoms with Crippen LogP contribution in [-0.4, -0.2) is 17.4 Å². The summed E-state index contributed by atoms with van der Waals surface area (Å²) >= 11 is 0. The van der Waals surface area contributed by atoms with Crippen molar-refractivity contribution < 1.29 is 14.7 Å². The van der Waals surface area contributed by atoms with Crippen LogP contribution < -0.4 is 4.65 Å². The molecule has 0 heterocycles. The molecule has 1 aromatic carbocycles. The van der Waals surface area contributed by atoms with Gasteiger partial charge in [0.1, 0.15) is 5.75 Å². The first-order valence-electron chi connectivity index (χ1n) is 4.84. The molecule has 0 aromatic heterocycles. The van der Waals surface area contributed by atoms with Gasteiger partial charge in [0.25, 0.3) is 0 Å². The lowest BCUT2D eigenvalue weighted by Crippen LogP contribution is -2.20. The Kier molecular flexibility index (Phi) is 4.49. The Morgan fingerprint density at radius 2 is 1.86 bits per heavy atom. The lowest BCUT2D eigenvalue weighted by molar-refractivity contribution is 0.288. The Labute approximate surface area is 84.5 Å². The van der Waals surface area contributed by atoms with Crippen LogP contribution in [0.3, 0.4) is 0 Å². The molecule has 2 N–H and O–H groups in total. The van der Waals surface area contributed by atoms with Crippen molar-refractivity contribution in [2.24, 2.45) is 0 Å². The summed E-state index contributed by atoms with van der Waals surface area (Å²) in [5.41, 5.74) is 1.24. The summed E-state index contributed by atoms with van der Waals surface area (Å²) in [7, 11) is -1.74. The summed E-state index contributed by atoms with van der Waals surface area (Å²) in [6.45, 7) is 2.15. The van der Waals surface area contributed by atoms with Crippen molar-refractivity contribution in [2.75, 3.05) is 0 Å². The molecule has 4 heteroatoms. The molecular formula is C10H15BO3. The lowest BCUT2D eigenvalue weighted by atomic mass is 10.1. The Morgan fingerprint density at radius 1 is 1.21 bits per heavy atom. The molecule has 0 fully saturated rings. The highest BCUT2D eigenvalue weighted by molar-refractivity contribution is 6.33. The van der Waals surface area contributed by atoms with Gasteiger partial charge in [-0.15, -0.1) is 0 Å². The normalized spacial score (nSPS) is 9.93. The van der Waals surface area contributed by atoms with Crippen LogP contribution in [0.1, 0.15) is 25.3 Å². The molecule has 14 heavy (non-hydrogen) atoms. The van der Waals surface area contributed by atoms with Gasteiger partial charge in [0.15, 0.2) is 0 Å². The molecule has 0 aliphatic heterocycles. The van der Waals surface area contributed by atoms with E-state index >= 15 is 0 Å². The summed E-state index contributed by atoms with van der Waals surface area (Å²) in [6.07, 6.45) is 3.40. The van der Waals surface area contributed by atoms with Crippen molar-refractivity contribution >= 4 is 7.32 Å². The van der Waals surface area contributed by atoms with E-state index in [1.54, 1.807) is 12.1 Å². The van der Waals surface area contributed by atoms with E-state index in [0.29, 0.717) is 5.75 Å². The topological polar surface area (TPSA) is 49.7 Å². The molecule has 0 spiro atoms. The van der Waals surface area contributed by atoms with Crippen molar-refractivity contribution in [3.8, 4) is 5.75 Å². The molecule has 0 aliphatic rings. The van der Waals surface area contributed by atoms with E-state index < -0.39 is 7.32 Å². The van der Waals surface area contributed by atoms with Crippen LogP contribution in [0.4, 0.5) is 0 Å². The monoisotopic (exact) mass is 194 g/mol. The first-order chi connectivity index (χ1) is 6.72. The second kappa shape index (κ2) is 5.68. The predicted octanol–water partition coefficient (Wildman–Crippen LogP) is 1.38. The number of hydrogen-bond donors (Lipinski definition) is 2. The molecule has 0 bridgehead atoms. The molecule has 1 aromatic rings. The van der Waals surface area contributed by atoms with E-state index in [1.165, 1.54) is 18.4 Å². The minimum Gasteiger partial charge on any atom is -0.512 e. The molecule has 0 amide bonds. The minimum atomic E-state index is -1.74. The zero-order valence-corrected chi connectivity index (χ0v) is 8.31. The second-order valence-corrected chi connectivity index (χ2v) is 3.19. The van der Waals surface area contributed by atoms with Crippen molar-refractivity contribution in [2.45, 2.75) is 26.2 Å². The van der Waals surface area contributed by atoms with Gasteiger partial charge < -0.3 is 14.7 Å². The third kappa shape index (κ3) is 3.81. The van der Waals surface area contributed by atoms with Gasteiger partial charge >= 0.3 is 7.32 Å². The second-order valence-electron chi connectivity index (χ2n) is 3.19. The van der Waals surface area contributed by atoms with Gasteiger partial charge in [-0.3, -0.25) is 0 Å². The van der Waals surface area contributed by atoms with E-state index in [0.717, 1.165) is 6.42 Å². The first kappa shape index (κ1) is 11.1. The highest BCUT2D eigenvalue weighted by Crippen LogP contribution is 2.13. The molecule has 1 rings (SSSR count). The smallest absolute Gasteiger partial charge is 0.512 e. The number of benzene rings is 1. The van der Waals surface area contributed by atoms with Gasteiger partial charge in [-0.05, 0) is 30.5 Å². The molecule has 0 atom stereocenters. The fourth-order valence-electron chi connectivity index (χ4n) is 1.24. The van der Waals surface area contributed by atoms with E-state index in [2.05, 4.69) is 11.6 Å². The highest BCUT2D eigenvalue weighted by atomic mass is 16.6. The number of unbranched alkanes of at least 4 members (excludes halogenated alkanes) is 1. The standard InChI is InChI=1S/C10H15BO3/c1-2-3-4-9-5-7-10(8-6-9)14-11(12)13/h5-8,12-13H,2-4H2,1H3. The zero-order chi connectivity index (χ0) is 10.4. The fourth-order valence-corrected chi connectivity index (χ4v) is 1.24. The molecule has 76 valence electrons. The Balaban J connectivity index is 2.50. The Morgan fingerprint density at radius 3 is 2.36 bits per heavy atom. The molecule has 0 unspecified atom stereocenters. The average Bonchev–Trinajstić information content (AvgIpc) is 2.16. The number of aryl methyl sites for hydroxylation is 1. The third-order valence-corrected chi connectivity index (χ3v) is 1.98. The summed E-state index contributed by atoms with van der Waals surface area (Å²) in [4.78, 5) is 0. The van der Waals surface area contributed by atoms with Crippen LogP contribution in [0, 0.1) is 0 Å². The molecule has 0 radical (unpaired) electrons. The van der Waals surface area contributed by atoms with Crippen molar-refractivity contribution in [1.82, 2.24) is 0 Å². The van der Waals surface area contributed by atoms with Crippen LogP contribution in [0.2, 0.25) is 0 Å². The molecular weight excluding hydrogens is 179 g/mol. The van der Waals surface area contributed by atoms with Crippen LogP contribution >= 0.6 is 0 Å². The summed E-state index contributed by atoms with van der Waals surface area (Å²) < 4.78 is 4.68. The van der Waals surface area contributed by atoms with Gasteiger partial charge in [-0.1, -0.05) is 25.5 Å². The average molecular weight is 194 g/mol. The van der Waals surface area contributed by atoms with E-state index in [-0.39, 0.29) is 0 Å². The lowest BCUT2D eigenvalue weighted by Gasteiger charge is -2.05. The predicted molar refractivity (Wildman–Crippen MR) is 55.9 cm³/mol. The number of rotatable bonds is 5. The fraction of sp³-hybridized carbons (Fsp3) is 0.400. The van der Waals surface area contributed by atoms with Gasteiger partial charge in [-0.2, -0.15) is 0 Å². The maximum absolute atomic E-state index is 8.55. The SMILES string of the molecule is CCCCc1ccc(OB(O)O)cc1. The largest absolute Gasteiger partial charge is 0.707 e. The molecule has 0 saturated heterocycles. The van der Waals surface area contributed by atoms with Crippen LogP contribution in [0.25, 0.3) is 0 Å². The van der Waals surface area contributed by atoms with Crippen molar-refractivity contribution in [3.63, 3.8) is 0 Å². The highest BCUT2D eigenvalue weighted by Gasteiger charge is 2.10. The Hall–Kier alpha value is -0.995. The van der Waals surface area contributed by atoms with Crippen LogP contribution in [0.5, 0.6) is 5.75 Å². The maximum Gasteiger partial charge on any atom is 0.707 e. The van der Waals surface area contributed by atoms with E-state index in [9.17, 15) is 0 Å². The van der Waals surface area contributed by atoms with Gasteiger partial charge in [0.05, 0.1) is 0 Å².